The van der Waals surface area contributed by atoms with E-state index in [2.05, 4.69) is 25.2 Å². The summed E-state index contributed by atoms with van der Waals surface area (Å²) >= 11 is 0. The molecule has 1 aromatic rings. The molecule has 0 saturated heterocycles. The van der Waals surface area contributed by atoms with E-state index in [4.69, 9.17) is 4.42 Å². The molecule has 1 heterocycles. The van der Waals surface area contributed by atoms with Gasteiger partial charge >= 0.3 is 0 Å². The predicted octanol–water partition coefficient (Wildman–Crippen LogP) is 3.81. The van der Waals surface area contributed by atoms with E-state index in [1.165, 1.54) is 31.2 Å². The molecule has 1 fully saturated rings. The summed E-state index contributed by atoms with van der Waals surface area (Å²) in [5, 5.41) is 3.53. The fourth-order valence-corrected chi connectivity index (χ4v) is 2.67. The Hall–Kier alpha value is -0.760. The van der Waals surface area contributed by atoms with Crippen molar-refractivity contribution in [2.45, 2.75) is 53.0 Å². The maximum absolute atomic E-state index is 5.66. The number of aryl methyl sites for hydroxylation is 2. The Balaban J connectivity index is 1.69. The normalized spacial score (nSPS) is 25.1. The highest BCUT2D eigenvalue weighted by Gasteiger charge is 2.17. The molecule has 1 aliphatic rings. The molecule has 1 N–H and O–H groups in total. The van der Waals surface area contributed by atoms with Gasteiger partial charge in [-0.25, -0.2) is 0 Å². The average molecular weight is 235 g/mol. The Kier molecular flexibility index (Phi) is 4.27. The van der Waals surface area contributed by atoms with Gasteiger partial charge in [-0.3, -0.25) is 0 Å². The van der Waals surface area contributed by atoms with Gasteiger partial charge in [-0.1, -0.05) is 19.8 Å². The lowest BCUT2D eigenvalue weighted by Crippen LogP contribution is -2.25. The van der Waals surface area contributed by atoms with Crippen molar-refractivity contribution in [3.05, 3.63) is 23.2 Å². The zero-order valence-corrected chi connectivity index (χ0v) is 11.4. The van der Waals surface area contributed by atoms with E-state index in [9.17, 15) is 0 Å². The van der Waals surface area contributed by atoms with Crippen LogP contribution in [0, 0.1) is 25.7 Å². The number of rotatable bonds is 4. The van der Waals surface area contributed by atoms with E-state index in [1.54, 1.807) is 0 Å². The van der Waals surface area contributed by atoms with E-state index in [1.807, 2.05) is 6.92 Å². The lowest BCUT2D eigenvalue weighted by atomic mass is 9.83. The van der Waals surface area contributed by atoms with Crippen molar-refractivity contribution in [2.24, 2.45) is 11.8 Å². The molecule has 1 aromatic heterocycles. The summed E-state index contributed by atoms with van der Waals surface area (Å²) in [4.78, 5) is 0. The maximum atomic E-state index is 5.66. The van der Waals surface area contributed by atoms with Crippen LogP contribution >= 0.6 is 0 Å². The van der Waals surface area contributed by atoms with Crippen LogP contribution in [0.4, 0.5) is 0 Å². The summed E-state index contributed by atoms with van der Waals surface area (Å²) in [5.41, 5.74) is 1.26. The lowest BCUT2D eigenvalue weighted by Gasteiger charge is -2.26. The highest BCUT2D eigenvalue weighted by atomic mass is 16.3. The Morgan fingerprint density at radius 2 is 1.94 bits per heavy atom. The first-order chi connectivity index (χ1) is 8.15. The molecule has 0 spiro atoms. The van der Waals surface area contributed by atoms with Crippen LogP contribution in [-0.2, 0) is 6.54 Å². The average Bonchev–Trinajstić information content (AvgIpc) is 2.61. The quantitative estimate of drug-likeness (QED) is 0.858. The third kappa shape index (κ3) is 3.60. The van der Waals surface area contributed by atoms with E-state index < -0.39 is 0 Å². The van der Waals surface area contributed by atoms with Crippen molar-refractivity contribution in [1.29, 1.82) is 0 Å². The van der Waals surface area contributed by atoms with Crippen LogP contribution in [0.5, 0.6) is 0 Å². The fourth-order valence-electron chi connectivity index (χ4n) is 2.67. The molecular weight excluding hydrogens is 210 g/mol. The van der Waals surface area contributed by atoms with Crippen LogP contribution in [0.25, 0.3) is 0 Å². The molecule has 17 heavy (non-hydrogen) atoms. The zero-order chi connectivity index (χ0) is 12.3. The monoisotopic (exact) mass is 235 g/mol. The van der Waals surface area contributed by atoms with Gasteiger partial charge in [-0.05, 0) is 56.7 Å². The van der Waals surface area contributed by atoms with Crippen LogP contribution in [0.2, 0.25) is 0 Å². The summed E-state index contributed by atoms with van der Waals surface area (Å²) < 4.78 is 5.66. The molecule has 1 saturated carbocycles. The van der Waals surface area contributed by atoms with Crippen molar-refractivity contribution >= 4 is 0 Å². The molecule has 0 unspecified atom stereocenters. The van der Waals surface area contributed by atoms with Crippen LogP contribution in [0.3, 0.4) is 0 Å². The van der Waals surface area contributed by atoms with Gasteiger partial charge in [-0.2, -0.15) is 0 Å². The molecule has 0 bridgehead atoms. The van der Waals surface area contributed by atoms with Crippen LogP contribution in [0.1, 0.15) is 49.7 Å². The van der Waals surface area contributed by atoms with Gasteiger partial charge in [-0.15, -0.1) is 0 Å². The first-order valence-corrected chi connectivity index (χ1v) is 6.91. The minimum Gasteiger partial charge on any atom is -0.465 e. The summed E-state index contributed by atoms with van der Waals surface area (Å²) in [6.07, 6.45) is 5.60. The third-order valence-electron chi connectivity index (χ3n) is 4.08. The predicted molar refractivity (Wildman–Crippen MR) is 71.0 cm³/mol. The molecule has 96 valence electrons. The van der Waals surface area contributed by atoms with E-state index in [0.717, 1.165) is 36.4 Å². The molecule has 2 heteroatoms. The van der Waals surface area contributed by atoms with Gasteiger partial charge in [0, 0.05) is 0 Å². The van der Waals surface area contributed by atoms with Gasteiger partial charge in [0.15, 0.2) is 0 Å². The standard InChI is InChI=1S/C15H25NO/c1-11-4-6-14(7-5-11)9-16-10-15-8-12(2)13(3)17-15/h8,11,14,16H,4-7,9-10H2,1-3H3. The molecule has 1 aliphatic carbocycles. The van der Waals surface area contributed by atoms with Crippen LogP contribution < -0.4 is 5.32 Å². The number of hydrogen-bond donors (Lipinski definition) is 1. The first kappa shape index (κ1) is 12.7. The lowest BCUT2D eigenvalue weighted by molar-refractivity contribution is 0.279. The Morgan fingerprint density at radius 1 is 1.24 bits per heavy atom. The van der Waals surface area contributed by atoms with Crippen LogP contribution in [0.15, 0.2) is 10.5 Å². The van der Waals surface area contributed by atoms with Crippen molar-refractivity contribution in [3.63, 3.8) is 0 Å². The van der Waals surface area contributed by atoms with E-state index in [0.29, 0.717) is 0 Å². The number of furan rings is 1. The highest BCUT2D eigenvalue weighted by molar-refractivity contribution is 5.18. The number of nitrogens with one attached hydrogen (secondary N) is 1. The van der Waals surface area contributed by atoms with Gasteiger partial charge < -0.3 is 9.73 Å². The smallest absolute Gasteiger partial charge is 0.118 e. The summed E-state index contributed by atoms with van der Waals surface area (Å²) in [6, 6.07) is 2.14. The largest absolute Gasteiger partial charge is 0.465 e. The molecule has 0 radical (unpaired) electrons. The summed E-state index contributed by atoms with van der Waals surface area (Å²) in [6.45, 7) is 8.52. The number of hydrogen-bond acceptors (Lipinski definition) is 2. The van der Waals surface area contributed by atoms with E-state index in [-0.39, 0.29) is 0 Å². The fraction of sp³-hybridized carbons (Fsp3) is 0.733. The highest BCUT2D eigenvalue weighted by Crippen LogP contribution is 2.27. The minimum absolute atomic E-state index is 0.876. The Labute approximate surface area is 105 Å². The summed E-state index contributed by atoms with van der Waals surface area (Å²) in [5.74, 6) is 3.95. The van der Waals surface area contributed by atoms with Gasteiger partial charge in [0.25, 0.3) is 0 Å². The van der Waals surface area contributed by atoms with Crippen molar-refractivity contribution in [3.8, 4) is 0 Å². The van der Waals surface area contributed by atoms with E-state index >= 15 is 0 Å². The molecule has 0 aromatic carbocycles. The Morgan fingerprint density at radius 3 is 2.53 bits per heavy atom. The van der Waals surface area contributed by atoms with Crippen molar-refractivity contribution < 1.29 is 4.42 Å². The SMILES string of the molecule is Cc1cc(CNCC2CCC(C)CC2)oc1C. The zero-order valence-electron chi connectivity index (χ0n) is 11.4. The maximum Gasteiger partial charge on any atom is 0.118 e. The molecule has 0 atom stereocenters. The van der Waals surface area contributed by atoms with Gasteiger partial charge in [0.2, 0.25) is 0 Å². The molecule has 2 nitrogen and oxygen atoms in total. The summed E-state index contributed by atoms with van der Waals surface area (Å²) in [7, 11) is 0. The van der Waals surface area contributed by atoms with Gasteiger partial charge in [0.1, 0.15) is 11.5 Å². The second kappa shape index (κ2) is 5.72. The van der Waals surface area contributed by atoms with Crippen molar-refractivity contribution in [1.82, 2.24) is 5.32 Å². The Bertz CT molecular complexity index is 328. The second-order valence-electron chi connectivity index (χ2n) is 5.71. The van der Waals surface area contributed by atoms with Crippen molar-refractivity contribution in [2.75, 3.05) is 6.54 Å². The van der Waals surface area contributed by atoms with Crippen LogP contribution in [-0.4, -0.2) is 6.54 Å². The second-order valence-corrected chi connectivity index (χ2v) is 5.71. The van der Waals surface area contributed by atoms with Gasteiger partial charge in [0.05, 0.1) is 6.54 Å². The molecule has 2 rings (SSSR count). The topological polar surface area (TPSA) is 25.2 Å². The molecule has 0 amide bonds. The third-order valence-corrected chi connectivity index (χ3v) is 4.08. The first-order valence-electron chi connectivity index (χ1n) is 6.91. The minimum atomic E-state index is 0.876. The molecule has 0 aliphatic heterocycles. The molecular formula is C15H25NO.